The van der Waals surface area contributed by atoms with Gasteiger partial charge >= 0.3 is 0 Å². The molecular formula is C26H28F2N6O2. The highest BCUT2D eigenvalue weighted by molar-refractivity contribution is 5.73. The topological polar surface area (TPSA) is 96.3 Å². The van der Waals surface area contributed by atoms with E-state index in [1.54, 1.807) is 18.3 Å². The third kappa shape index (κ3) is 4.23. The molecular weight excluding hydrogens is 466 g/mol. The van der Waals surface area contributed by atoms with Gasteiger partial charge in [-0.1, -0.05) is 12.5 Å². The van der Waals surface area contributed by atoms with Gasteiger partial charge in [-0.25, -0.2) is 18.7 Å². The third-order valence-corrected chi connectivity index (χ3v) is 7.50. The Balaban J connectivity index is 1.26. The molecule has 1 aromatic carbocycles. The number of pyridine rings is 1. The Bertz CT molecular complexity index is 1260. The van der Waals surface area contributed by atoms with Crippen LogP contribution in [0.3, 0.4) is 0 Å². The van der Waals surface area contributed by atoms with Gasteiger partial charge in [0.05, 0.1) is 31.1 Å². The number of aromatic hydroxyl groups is 1. The van der Waals surface area contributed by atoms with Crippen LogP contribution >= 0.6 is 0 Å². The van der Waals surface area contributed by atoms with E-state index in [9.17, 15) is 9.50 Å². The fraction of sp³-hybridized carbons (Fsp3) is 0.462. The average Bonchev–Trinajstić information content (AvgIpc) is 3.73. The van der Waals surface area contributed by atoms with Crippen LogP contribution in [0.2, 0.25) is 0 Å². The number of benzene rings is 1. The third-order valence-electron chi connectivity index (χ3n) is 7.50. The number of nitrogens with one attached hydrogen (secondary N) is 1. The summed E-state index contributed by atoms with van der Waals surface area (Å²) in [4.78, 5) is 10.4. The standard InChI is InChI=1S/C26H28F2N6O2/c1-36-24-11-18(19(27)12-29-24)14-5-8-17(22(35)9-14)26-30-13-23(32-33-26)34(16-6-7-16)21-10-15-3-2-4-20(31-15)25(21)28/h5,8-9,11-13,15-16,20-21,25,31,35H,2-4,6-7,10H2,1H3/t15-,20+,21+,25-/m1/s1. The average molecular weight is 495 g/mol. The van der Waals surface area contributed by atoms with Crippen molar-refractivity contribution in [1.29, 1.82) is 0 Å². The van der Waals surface area contributed by atoms with Crippen LogP contribution in [0, 0.1) is 5.82 Å². The highest BCUT2D eigenvalue weighted by atomic mass is 19.1. The number of phenolic OH excluding ortho intramolecular Hbond substituents is 1. The zero-order valence-electron chi connectivity index (χ0n) is 19.9. The zero-order chi connectivity index (χ0) is 24.8. The molecule has 188 valence electrons. The number of phenols is 1. The Labute approximate surface area is 207 Å². The molecule has 0 spiro atoms. The van der Waals surface area contributed by atoms with Gasteiger partial charge in [0, 0.05) is 29.8 Å². The Kier molecular flexibility index (Phi) is 5.91. The highest BCUT2D eigenvalue weighted by Gasteiger charge is 2.46. The van der Waals surface area contributed by atoms with Gasteiger partial charge in [0.25, 0.3) is 0 Å². The number of aromatic nitrogens is 4. The van der Waals surface area contributed by atoms with Gasteiger partial charge in [0.15, 0.2) is 11.6 Å². The molecule has 3 fully saturated rings. The van der Waals surface area contributed by atoms with Crippen molar-refractivity contribution in [3.63, 3.8) is 0 Å². The summed E-state index contributed by atoms with van der Waals surface area (Å²) < 4.78 is 34.9. The minimum absolute atomic E-state index is 0.105. The van der Waals surface area contributed by atoms with Crippen molar-refractivity contribution >= 4 is 5.82 Å². The molecule has 10 heteroatoms. The first-order valence-corrected chi connectivity index (χ1v) is 12.4. The summed E-state index contributed by atoms with van der Waals surface area (Å²) in [6.45, 7) is 0. The summed E-state index contributed by atoms with van der Waals surface area (Å²) in [5.74, 6) is 0.442. The predicted molar refractivity (Wildman–Crippen MR) is 130 cm³/mol. The Hall–Kier alpha value is -3.40. The lowest BCUT2D eigenvalue weighted by Crippen LogP contribution is -2.62. The molecule has 0 radical (unpaired) electrons. The molecule has 6 rings (SSSR count). The maximum atomic E-state index is 15.5. The lowest BCUT2D eigenvalue weighted by molar-refractivity contribution is 0.104. The summed E-state index contributed by atoms with van der Waals surface area (Å²) in [7, 11) is 1.45. The number of hydrogen-bond donors (Lipinski definition) is 2. The number of nitrogens with zero attached hydrogens (tertiary/aromatic N) is 5. The van der Waals surface area contributed by atoms with E-state index >= 15 is 4.39 Å². The number of anilines is 1. The van der Waals surface area contributed by atoms with Crippen molar-refractivity contribution < 1.29 is 18.6 Å². The van der Waals surface area contributed by atoms with Crippen molar-refractivity contribution in [1.82, 2.24) is 25.5 Å². The molecule has 0 amide bonds. The number of ether oxygens (including phenoxy) is 1. The number of fused-ring (bicyclic) bond motifs is 2. The highest BCUT2D eigenvalue weighted by Crippen LogP contribution is 2.39. The molecule has 4 atom stereocenters. The van der Waals surface area contributed by atoms with Crippen molar-refractivity contribution in [2.45, 2.75) is 68.9 Å². The fourth-order valence-electron chi connectivity index (χ4n) is 5.58. The lowest BCUT2D eigenvalue weighted by Gasteiger charge is -2.47. The molecule has 2 aromatic heterocycles. The molecule has 1 aliphatic carbocycles. The fourth-order valence-corrected chi connectivity index (χ4v) is 5.58. The van der Waals surface area contributed by atoms with Crippen LogP contribution in [0.1, 0.15) is 38.5 Å². The molecule has 2 bridgehead atoms. The van der Waals surface area contributed by atoms with Gasteiger partial charge in [0.2, 0.25) is 5.88 Å². The molecule has 3 aliphatic rings. The molecule has 3 aromatic rings. The van der Waals surface area contributed by atoms with Crippen molar-refractivity contribution in [3.8, 4) is 34.1 Å². The first kappa shape index (κ1) is 23.0. The minimum Gasteiger partial charge on any atom is -0.507 e. The van der Waals surface area contributed by atoms with Gasteiger partial charge in [-0.05, 0) is 49.8 Å². The van der Waals surface area contributed by atoms with Crippen LogP contribution in [0.5, 0.6) is 11.6 Å². The summed E-state index contributed by atoms with van der Waals surface area (Å²) in [6.07, 6.45) is 7.50. The SMILES string of the molecule is COc1cc(-c2ccc(-c3ncc(N(C4CC4)[C@H]4C[C@H]5CCC[C@H](N5)[C@H]4F)nn3)c(O)c2)c(F)cn1. The predicted octanol–water partition coefficient (Wildman–Crippen LogP) is 4.04. The largest absolute Gasteiger partial charge is 0.507 e. The van der Waals surface area contributed by atoms with E-state index in [-0.39, 0.29) is 41.1 Å². The number of alkyl halides is 1. The molecule has 2 saturated heterocycles. The van der Waals surface area contributed by atoms with Gasteiger partial charge in [0.1, 0.15) is 17.7 Å². The number of halogens is 2. The Morgan fingerprint density at radius 2 is 1.92 bits per heavy atom. The van der Waals surface area contributed by atoms with Crippen LogP contribution in [-0.4, -0.2) is 62.7 Å². The van der Waals surface area contributed by atoms with E-state index in [1.165, 1.54) is 19.2 Å². The summed E-state index contributed by atoms with van der Waals surface area (Å²) in [6, 6.07) is 6.45. The molecule has 4 heterocycles. The molecule has 36 heavy (non-hydrogen) atoms. The van der Waals surface area contributed by atoms with Gasteiger partial charge in [-0.15, -0.1) is 10.2 Å². The van der Waals surface area contributed by atoms with Crippen LogP contribution in [0.15, 0.2) is 36.7 Å². The van der Waals surface area contributed by atoms with E-state index in [1.807, 2.05) is 0 Å². The van der Waals surface area contributed by atoms with Gasteiger partial charge in [-0.3, -0.25) is 0 Å². The zero-order valence-corrected chi connectivity index (χ0v) is 19.9. The number of piperidine rings is 2. The van der Waals surface area contributed by atoms with Crippen LogP contribution in [0.4, 0.5) is 14.6 Å². The van der Waals surface area contributed by atoms with Crippen LogP contribution in [0.25, 0.3) is 22.5 Å². The molecule has 2 aliphatic heterocycles. The quantitative estimate of drug-likeness (QED) is 0.530. The normalized spacial score (nSPS) is 25.4. The summed E-state index contributed by atoms with van der Waals surface area (Å²) >= 11 is 0. The van der Waals surface area contributed by atoms with E-state index in [0.717, 1.165) is 44.7 Å². The van der Waals surface area contributed by atoms with Crippen LogP contribution in [-0.2, 0) is 0 Å². The monoisotopic (exact) mass is 494 g/mol. The van der Waals surface area contributed by atoms with Crippen molar-refractivity contribution in [2.75, 3.05) is 12.0 Å². The van der Waals surface area contributed by atoms with Crippen molar-refractivity contribution in [3.05, 3.63) is 42.5 Å². The second-order valence-corrected chi connectivity index (χ2v) is 9.87. The maximum Gasteiger partial charge on any atom is 0.213 e. The second kappa shape index (κ2) is 9.24. The molecule has 2 N–H and O–H groups in total. The first-order valence-electron chi connectivity index (χ1n) is 12.4. The van der Waals surface area contributed by atoms with Crippen LogP contribution < -0.4 is 15.0 Å². The number of methoxy groups -OCH3 is 1. The number of rotatable bonds is 6. The van der Waals surface area contributed by atoms with E-state index < -0.39 is 12.0 Å². The minimum atomic E-state index is -0.965. The Morgan fingerprint density at radius 3 is 2.64 bits per heavy atom. The van der Waals surface area contributed by atoms with Crippen molar-refractivity contribution in [2.24, 2.45) is 0 Å². The molecule has 1 saturated carbocycles. The summed E-state index contributed by atoms with van der Waals surface area (Å²) in [5, 5.41) is 22.8. The lowest BCUT2D eigenvalue weighted by atomic mass is 9.82. The van der Waals surface area contributed by atoms with Gasteiger partial charge in [-0.2, -0.15) is 0 Å². The van der Waals surface area contributed by atoms with E-state index in [0.29, 0.717) is 23.0 Å². The molecule has 8 nitrogen and oxygen atoms in total. The molecule has 0 unspecified atom stereocenters. The Morgan fingerprint density at radius 1 is 1.06 bits per heavy atom. The van der Waals surface area contributed by atoms with E-state index in [2.05, 4.69) is 30.4 Å². The smallest absolute Gasteiger partial charge is 0.213 e. The van der Waals surface area contributed by atoms with Gasteiger partial charge < -0.3 is 20.1 Å². The second-order valence-electron chi connectivity index (χ2n) is 9.87. The first-order chi connectivity index (χ1) is 17.5. The summed E-state index contributed by atoms with van der Waals surface area (Å²) in [5.41, 5.74) is 1.09. The van der Waals surface area contributed by atoms with E-state index in [4.69, 9.17) is 4.74 Å². The number of hydrogen-bond acceptors (Lipinski definition) is 8. The maximum absolute atomic E-state index is 15.5.